The molecule has 2 rings (SSSR count). The SMILES string of the molecule is Cc1ccc(OC(C)C(=O)NC(C)c2ccccc2)cc1. The van der Waals surface area contributed by atoms with Gasteiger partial charge in [0.25, 0.3) is 5.91 Å². The molecule has 0 spiro atoms. The first-order valence-corrected chi connectivity index (χ1v) is 7.15. The normalized spacial score (nSPS) is 13.3. The Morgan fingerprint density at radius 2 is 1.62 bits per heavy atom. The van der Waals surface area contributed by atoms with Crippen molar-refractivity contribution in [3.05, 3.63) is 65.7 Å². The van der Waals surface area contributed by atoms with Crippen molar-refractivity contribution in [1.29, 1.82) is 0 Å². The van der Waals surface area contributed by atoms with Crippen LogP contribution in [0.15, 0.2) is 54.6 Å². The van der Waals surface area contributed by atoms with Crippen molar-refractivity contribution >= 4 is 5.91 Å². The number of hydrogen-bond acceptors (Lipinski definition) is 2. The molecule has 0 aliphatic rings. The molecule has 0 bridgehead atoms. The predicted molar refractivity (Wildman–Crippen MR) is 84.3 cm³/mol. The summed E-state index contributed by atoms with van der Waals surface area (Å²) in [6, 6.07) is 17.5. The van der Waals surface area contributed by atoms with Crippen LogP contribution in [0.2, 0.25) is 0 Å². The van der Waals surface area contributed by atoms with Crippen LogP contribution in [0.1, 0.15) is 31.0 Å². The van der Waals surface area contributed by atoms with Gasteiger partial charge in [-0.1, -0.05) is 48.0 Å². The predicted octanol–water partition coefficient (Wildman–Crippen LogP) is 3.64. The zero-order valence-corrected chi connectivity index (χ0v) is 12.7. The van der Waals surface area contributed by atoms with Crippen LogP contribution in [-0.4, -0.2) is 12.0 Å². The molecule has 2 atom stereocenters. The Kier molecular flexibility index (Phi) is 4.99. The highest BCUT2D eigenvalue weighted by molar-refractivity contribution is 5.81. The number of ether oxygens (including phenoxy) is 1. The summed E-state index contributed by atoms with van der Waals surface area (Å²) in [5.41, 5.74) is 2.24. The fourth-order valence-electron chi connectivity index (χ4n) is 2.03. The second kappa shape index (κ2) is 6.93. The molecular formula is C18H21NO2. The number of amides is 1. The largest absolute Gasteiger partial charge is 0.481 e. The monoisotopic (exact) mass is 283 g/mol. The van der Waals surface area contributed by atoms with Gasteiger partial charge in [-0.2, -0.15) is 0 Å². The third-order valence-electron chi connectivity index (χ3n) is 3.36. The summed E-state index contributed by atoms with van der Waals surface area (Å²) < 4.78 is 5.66. The molecule has 2 unspecified atom stereocenters. The van der Waals surface area contributed by atoms with E-state index in [-0.39, 0.29) is 11.9 Å². The van der Waals surface area contributed by atoms with Gasteiger partial charge in [0.2, 0.25) is 0 Å². The summed E-state index contributed by atoms with van der Waals surface area (Å²) >= 11 is 0. The molecule has 2 aromatic carbocycles. The summed E-state index contributed by atoms with van der Waals surface area (Å²) in [5.74, 6) is 0.586. The Labute approximate surface area is 126 Å². The van der Waals surface area contributed by atoms with Crippen molar-refractivity contribution in [3.63, 3.8) is 0 Å². The summed E-state index contributed by atoms with van der Waals surface area (Å²) in [6.45, 7) is 5.74. The molecule has 1 amide bonds. The molecule has 0 saturated heterocycles. The van der Waals surface area contributed by atoms with Gasteiger partial charge in [0.15, 0.2) is 6.10 Å². The molecule has 110 valence electrons. The smallest absolute Gasteiger partial charge is 0.261 e. The van der Waals surface area contributed by atoms with E-state index in [1.54, 1.807) is 6.92 Å². The van der Waals surface area contributed by atoms with Gasteiger partial charge in [0.05, 0.1) is 6.04 Å². The van der Waals surface area contributed by atoms with E-state index in [0.29, 0.717) is 5.75 Å². The highest BCUT2D eigenvalue weighted by Crippen LogP contribution is 2.15. The lowest BCUT2D eigenvalue weighted by atomic mass is 10.1. The average molecular weight is 283 g/mol. The maximum atomic E-state index is 12.2. The van der Waals surface area contributed by atoms with Crippen LogP contribution in [0.5, 0.6) is 5.75 Å². The number of rotatable bonds is 5. The third kappa shape index (κ3) is 4.35. The van der Waals surface area contributed by atoms with Crippen LogP contribution in [0, 0.1) is 6.92 Å². The van der Waals surface area contributed by atoms with Crippen molar-refractivity contribution in [3.8, 4) is 5.75 Å². The van der Waals surface area contributed by atoms with Gasteiger partial charge in [-0.15, -0.1) is 0 Å². The first kappa shape index (κ1) is 15.1. The van der Waals surface area contributed by atoms with E-state index in [0.717, 1.165) is 11.1 Å². The van der Waals surface area contributed by atoms with E-state index in [9.17, 15) is 4.79 Å². The molecule has 3 nitrogen and oxygen atoms in total. The molecule has 0 heterocycles. The van der Waals surface area contributed by atoms with Crippen LogP contribution in [-0.2, 0) is 4.79 Å². The van der Waals surface area contributed by atoms with E-state index in [1.165, 1.54) is 0 Å². The highest BCUT2D eigenvalue weighted by Gasteiger charge is 2.17. The molecule has 1 N–H and O–H groups in total. The van der Waals surface area contributed by atoms with Gasteiger partial charge in [-0.05, 0) is 38.5 Å². The van der Waals surface area contributed by atoms with E-state index in [2.05, 4.69) is 5.32 Å². The summed E-state index contributed by atoms with van der Waals surface area (Å²) in [6.07, 6.45) is -0.529. The molecule has 0 aromatic heterocycles. The molecule has 0 fully saturated rings. The zero-order chi connectivity index (χ0) is 15.2. The Bertz CT molecular complexity index is 578. The maximum Gasteiger partial charge on any atom is 0.261 e. The van der Waals surface area contributed by atoms with Gasteiger partial charge in [-0.3, -0.25) is 4.79 Å². The van der Waals surface area contributed by atoms with Gasteiger partial charge < -0.3 is 10.1 Å². The van der Waals surface area contributed by atoms with Crippen LogP contribution >= 0.6 is 0 Å². The van der Waals surface area contributed by atoms with E-state index in [1.807, 2.05) is 68.4 Å². The van der Waals surface area contributed by atoms with Crippen molar-refractivity contribution in [2.24, 2.45) is 0 Å². The molecule has 2 aromatic rings. The summed E-state index contributed by atoms with van der Waals surface area (Å²) in [5, 5.41) is 2.96. The number of hydrogen-bond donors (Lipinski definition) is 1. The molecular weight excluding hydrogens is 262 g/mol. The molecule has 0 aliphatic carbocycles. The Morgan fingerprint density at radius 1 is 1.00 bits per heavy atom. The molecule has 0 radical (unpaired) electrons. The van der Waals surface area contributed by atoms with Gasteiger partial charge >= 0.3 is 0 Å². The fraction of sp³-hybridized carbons (Fsp3) is 0.278. The number of benzene rings is 2. The third-order valence-corrected chi connectivity index (χ3v) is 3.36. The minimum Gasteiger partial charge on any atom is -0.481 e. The Morgan fingerprint density at radius 3 is 2.24 bits per heavy atom. The van der Waals surface area contributed by atoms with Crippen molar-refractivity contribution in [2.45, 2.75) is 32.9 Å². The van der Waals surface area contributed by atoms with Crippen LogP contribution in [0.4, 0.5) is 0 Å². The number of aryl methyl sites for hydroxylation is 1. The van der Waals surface area contributed by atoms with Crippen LogP contribution in [0.3, 0.4) is 0 Å². The second-order valence-electron chi connectivity index (χ2n) is 5.21. The first-order valence-electron chi connectivity index (χ1n) is 7.15. The van der Waals surface area contributed by atoms with Crippen molar-refractivity contribution in [1.82, 2.24) is 5.32 Å². The van der Waals surface area contributed by atoms with E-state index < -0.39 is 6.10 Å². The van der Waals surface area contributed by atoms with Gasteiger partial charge in [0, 0.05) is 0 Å². The van der Waals surface area contributed by atoms with Crippen molar-refractivity contribution in [2.75, 3.05) is 0 Å². The quantitative estimate of drug-likeness (QED) is 0.909. The number of carbonyl (C=O) groups is 1. The maximum absolute atomic E-state index is 12.2. The lowest BCUT2D eigenvalue weighted by Gasteiger charge is -2.19. The lowest BCUT2D eigenvalue weighted by molar-refractivity contribution is -0.127. The number of nitrogens with one attached hydrogen (secondary N) is 1. The van der Waals surface area contributed by atoms with E-state index in [4.69, 9.17) is 4.74 Å². The average Bonchev–Trinajstić information content (AvgIpc) is 2.50. The molecule has 21 heavy (non-hydrogen) atoms. The second-order valence-corrected chi connectivity index (χ2v) is 5.21. The minimum absolute atomic E-state index is 0.0391. The first-order chi connectivity index (χ1) is 10.1. The minimum atomic E-state index is -0.529. The Hall–Kier alpha value is -2.29. The van der Waals surface area contributed by atoms with Gasteiger partial charge in [-0.25, -0.2) is 0 Å². The number of carbonyl (C=O) groups excluding carboxylic acids is 1. The van der Waals surface area contributed by atoms with Crippen molar-refractivity contribution < 1.29 is 9.53 Å². The lowest BCUT2D eigenvalue weighted by Crippen LogP contribution is -2.37. The van der Waals surface area contributed by atoms with Crippen LogP contribution in [0.25, 0.3) is 0 Å². The zero-order valence-electron chi connectivity index (χ0n) is 12.7. The Balaban J connectivity index is 1.92. The topological polar surface area (TPSA) is 38.3 Å². The standard InChI is InChI=1S/C18H21NO2/c1-13-9-11-17(12-10-13)21-15(3)18(20)19-14(2)16-7-5-4-6-8-16/h4-12,14-15H,1-3H3,(H,19,20). The highest BCUT2D eigenvalue weighted by atomic mass is 16.5. The molecule has 0 saturated carbocycles. The van der Waals surface area contributed by atoms with E-state index >= 15 is 0 Å². The fourth-order valence-corrected chi connectivity index (χ4v) is 2.03. The molecule has 3 heteroatoms. The summed E-state index contributed by atoms with van der Waals surface area (Å²) in [7, 11) is 0. The van der Waals surface area contributed by atoms with Gasteiger partial charge in [0.1, 0.15) is 5.75 Å². The summed E-state index contributed by atoms with van der Waals surface area (Å²) in [4.78, 5) is 12.2. The van der Waals surface area contributed by atoms with Crippen LogP contribution < -0.4 is 10.1 Å². The molecule has 0 aliphatic heterocycles.